The molecule has 0 saturated heterocycles. The average Bonchev–Trinajstić information content (AvgIpc) is 2.79. The van der Waals surface area contributed by atoms with Gasteiger partial charge in [0.25, 0.3) is 0 Å². The molecule has 238 valence electrons. The van der Waals surface area contributed by atoms with E-state index < -0.39 is 12.2 Å². The molecule has 0 amide bonds. The van der Waals surface area contributed by atoms with Gasteiger partial charge in [0, 0.05) is 32.0 Å². The highest BCUT2D eigenvalue weighted by molar-refractivity contribution is 8.18. The van der Waals surface area contributed by atoms with Crippen molar-refractivity contribution in [1.29, 1.82) is 0 Å². The molecule has 2 aromatic carbocycles. The van der Waals surface area contributed by atoms with Gasteiger partial charge in [-0.25, -0.2) is 0 Å². The van der Waals surface area contributed by atoms with Gasteiger partial charge in [0.05, 0.1) is 10.2 Å². The molecule has 2 unspecified atom stereocenters. The Balaban J connectivity index is 2.60. The zero-order valence-corrected chi connectivity index (χ0v) is 30.6. The van der Waals surface area contributed by atoms with Crippen molar-refractivity contribution in [2.45, 2.75) is 158 Å². The number of aliphatic hydroxyl groups is 2. The first-order chi connectivity index (χ1) is 18.8. The van der Waals surface area contributed by atoms with Gasteiger partial charge in [-0.2, -0.15) is 0 Å². The maximum absolute atomic E-state index is 11.2. The van der Waals surface area contributed by atoms with Crippen LogP contribution in [0.25, 0.3) is 0 Å². The summed E-state index contributed by atoms with van der Waals surface area (Å²) in [5, 5.41) is 31.8. The lowest BCUT2D eigenvalue weighted by Gasteiger charge is -2.33. The van der Waals surface area contributed by atoms with Gasteiger partial charge in [-0.1, -0.05) is 90.0 Å². The standard InChI is InChI=1S/C36H58O4S2/c1-16-28(37)29(38)21-40-31-26(34(8,9)10)19-23(20-27(31)35(11,12)13)42-36(14,15)41-22-17-24(32(2,3)4)30(39)25(18-22)33(5,6)7/h17-20,28-29,37-39H,16,21H2,1-15H3. The van der Waals surface area contributed by atoms with Crippen molar-refractivity contribution in [3.63, 3.8) is 0 Å². The summed E-state index contributed by atoms with van der Waals surface area (Å²) in [6.45, 7) is 32.4. The molecule has 42 heavy (non-hydrogen) atoms. The van der Waals surface area contributed by atoms with Crippen LogP contribution in [0.3, 0.4) is 0 Å². The molecule has 0 aliphatic rings. The Morgan fingerprint density at radius 1 is 0.595 bits per heavy atom. The van der Waals surface area contributed by atoms with Gasteiger partial charge in [-0.05, 0) is 66.2 Å². The number of aromatic hydroxyl groups is 1. The summed E-state index contributed by atoms with van der Waals surface area (Å²) in [6, 6.07) is 8.79. The van der Waals surface area contributed by atoms with Crippen molar-refractivity contribution >= 4 is 23.5 Å². The van der Waals surface area contributed by atoms with E-state index in [2.05, 4.69) is 121 Å². The van der Waals surface area contributed by atoms with Crippen LogP contribution in [-0.2, 0) is 21.7 Å². The molecule has 0 bridgehead atoms. The van der Waals surface area contributed by atoms with Crippen molar-refractivity contribution in [3.05, 3.63) is 46.5 Å². The molecule has 0 radical (unpaired) electrons. The van der Waals surface area contributed by atoms with E-state index >= 15 is 0 Å². The number of phenolic OH excluding ortho intramolecular Hbond substituents is 1. The van der Waals surface area contributed by atoms with E-state index in [1.165, 1.54) is 0 Å². The summed E-state index contributed by atoms with van der Waals surface area (Å²) < 4.78 is 6.13. The SMILES string of the molecule is CCC(O)C(O)COc1c(C(C)(C)C)cc(SC(C)(C)Sc2cc(C(C)(C)C)c(O)c(C(C)(C)C)c2)cc1C(C)(C)C. The molecule has 6 heteroatoms. The van der Waals surface area contributed by atoms with Crippen LogP contribution in [0.4, 0.5) is 0 Å². The molecule has 0 aliphatic carbocycles. The lowest BCUT2D eigenvalue weighted by atomic mass is 9.79. The average molecular weight is 619 g/mol. The molecule has 0 spiro atoms. The molecule has 0 aliphatic heterocycles. The van der Waals surface area contributed by atoms with Crippen molar-refractivity contribution in [2.24, 2.45) is 0 Å². The highest BCUT2D eigenvalue weighted by atomic mass is 32.2. The molecule has 2 atom stereocenters. The van der Waals surface area contributed by atoms with E-state index in [1.54, 1.807) is 0 Å². The molecule has 2 aromatic rings. The first-order valence-electron chi connectivity index (χ1n) is 15.2. The summed E-state index contributed by atoms with van der Waals surface area (Å²) >= 11 is 3.65. The molecular weight excluding hydrogens is 561 g/mol. The Morgan fingerprint density at radius 2 is 0.929 bits per heavy atom. The first-order valence-corrected chi connectivity index (χ1v) is 16.8. The number of benzene rings is 2. The molecular formula is C36H58O4S2. The van der Waals surface area contributed by atoms with E-state index in [0.29, 0.717) is 12.2 Å². The second kappa shape index (κ2) is 12.9. The molecule has 0 aromatic heterocycles. The topological polar surface area (TPSA) is 69.9 Å². The summed E-state index contributed by atoms with van der Waals surface area (Å²) in [6.07, 6.45) is -1.28. The second-order valence-corrected chi connectivity index (χ2v) is 19.8. The van der Waals surface area contributed by atoms with Crippen molar-refractivity contribution in [2.75, 3.05) is 6.61 Å². The lowest BCUT2D eigenvalue weighted by molar-refractivity contribution is -0.00972. The molecule has 2 rings (SSSR count). The summed E-state index contributed by atoms with van der Waals surface area (Å²) in [4.78, 5) is 2.31. The first kappa shape index (κ1) is 36.8. The van der Waals surface area contributed by atoms with Gasteiger partial charge in [0.1, 0.15) is 24.2 Å². The quantitative estimate of drug-likeness (QED) is 0.192. The van der Waals surface area contributed by atoms with Gasteiger partial charge < -0.3 is 20.1 Å². The van der Waals surface area contributed by atoms with Crippen LogP contribution in [-0.4, -0.2) is 38.2 Å². The maximum Gasteiger partial charge on any atom is 0.126 e. The maximum atomic E-state index is 11.2. The Morgan fingerprint density at radius 3 is 1.24 bits per heavy atom. The highest BCUT2D eigenvalue weighted by Crippen LogP contribution is 2.51. The van der Waals surface area contributed by atoms with Crippen LogP contribution in [0.2, 0.25) is 0 Å². The Labute approximate surface area is 265 Å². The van der Waals surface area contributed by atoms with E-state index in [9.17, 15) is 15.3 Å². The van der Waals surface area contributed by atoms with E-state index in [4.69, 9.17) is 4.74 Å². The van der Waals surface area contributed by atoms with Gasteiger partial charge >= 0.3 is 0 Å². The predicted octanol–water partition coefficient (Wildman–Crippen LogP) is 9.71. The summed E-state index contributed by atoms with van der Waals surface area (Å²) in [5.74, 6) is 1.21. The van der Waals surface area contributed by atoms with Crippen LogP contribution in [0.5, 0.6) is 11.5 Å². The monoisotopic (exact) mass is 618 g/mol. The molecule has 0 heterocycles. The number of hydrogen-bond acceptors (Lipinski definition) is 6. The van der Waals surface area contributed by atoms with Crippen LogP contribution < -0.4 is 4.74 Å². The van der Waals surface area contributed by atoms with E-state index in [1.807, 2.05) is 30.4 Å². The minimum Gasteiger partial charge on any atom is -0.507 e. The number of rotatable bonds is 9. The van der Waals surface area contributed by atoms with Gasteiger partial charge in [-0.3, -0.25) is 0 Å². The normalized spacial score (nSPS) is 15.1. The van der Waals surface area contributed by atoms with Gasteiger partial charge in [-0.15, -0.1) is 23.5 Å². The van der Waals surface area contributed by atoms with Crippen molar-refractivity contribution < 1.29 is 20.1 Å². The van der Waals surface area contributed by atoms with Crippen LogP contribution >= 0.6 is 23.5 Å². The van der Waals surface area contributed by atoms with Gasteiger partial charge in [0.2, 0.25) is 0 Å². The summed E-state index contributed by atoms with van der Waals surface area (Å²) in [5.41, 5.74) is 3.36. The fourth-order valence-corrected chi connectivity index (χ4v) is 7.47. The molecule has 0 fully saturated rings. The summed E-state index contributed by atoms with van der Waals surface area (Å²) in [7, 11) is 0. The Hall–Kier alpha value is -1.34. The zero-order valence-electron chi connectivity index (χ0n) is 28.9. The van der Waals surface area contributed by atoms with Crippen molar-refractivity contribution in [3.8, 4) is 11.5 Å². The Bertz CT molecular complexity index is 1150. The highest BCUT2D eigenvalue weighted by Gasteiger charge is 2.32. The third-order valence-electron chi connectivity index (χ3n) is 7.37. The zero-order chi connectivity index (χ0) is 32.6. The molecule has 4 nitrogen and oxygen atoms in total. The van der Waals surface area contributed by atoms with Crippen LogP contribution in [0.1, 0.15) is 133 Å². The van der Waals surface area contributed by atoms with E-state index in [-0.39, 0.29) is 32.3 Å². The number of aliphatic hydroxyl groups excluding tert-OH is 2. The van der Waals surface area contributed by atoms with Crippen molar-refractivity contribution in [1.82, 2.24) is 0 Å². The lowest BCUT2D eigenvalue weighted by Crippen LogP contribution is -2.32. The number of phenols is 1. The predicted molar refractivity (Wildman–Crippen MR) is 183 cm³/mol. The molecule has 0 saturated carbocycles. The number of ether oxygens (including phenoxy) is 1. The largest absolute Gasteiger partial charge is 0.507 e. The smallest absolute Gasteiger partial charge is 0.126 e. The number of thioether (sulfide) groups is 2. The Kier molecular flexibility index (Phi) is 11.4. The van der Waals surface area contributed by atoms with E-state index in [0.717, 1.165) is 37.8 Å². The number of hydrogen-bond donors (Lipinski definition) is 3. The molecule has 3 N–H and O–H groups in total. The minimum atomic E-state index is -0.943. The van der Waals surface area contributed by atoms with Crippen LogP contribution in [0, 0.1) is 0 Å². The van der Waals surface area contributed by atoms with Crippen LogP contribution in [0.15, 0.2) is 34.1 Å². The second-order valence-electron chi connectivity index (χ2n) is 16.2. The fourth-order valence-electron chi connectivity index (χ4n) is 4.88. The third-order valence-corrected chi connectivity index (χ3v) is 9.79. The third kappa shape index (κ3) is 9.58. The minimum absolute atomic E-state index is 0.0437. The van der Waals surface area contributed by atoms with Gasteiger partial charge in [0.15, 0.2) is 0 Å². The fraction of sp³-hybridized carbons (Fsp3) is 0.667.